The zero-order valence-electron chi connectivity index (χ0n) is 12.3. The molecule has 0 unspecified atom stereocenters. The van der Waals surface area contributed by atoms with Gasteiger partial charge in [0.25, 0.3) is 5.91 Å². The van der Waals surface area contributed by atoms with Gasteiger partial charge in [0.2, 0.25) is 0 Å². The molecule has 116 valence electrons. The molecule has 2 heterocycles. The first-order valence-electron chi connectivity index (χ1n) is 7.29. The van der Waals surface area contributed by atoms with Crippen molar-refractivity contribution >= 4 is 17.5 Å². The Kier molecular flexibility index (Phi) is 4.16. The van der Waals surface area contributed by atoms with Gasteiger partial charge in [0.15, 0.2) is 0 Å². The molecule has 1 amide bonds. The van der Waals surface area contributed by atoms with Crippen LogP contribution in [0.1, 0.15) is 28.8 Å². The predicted octanol–water partition coefficient (Wildman–Crippen LogP) is 3.29. The van der Waals surface area contributed by atoms with Gasteiger partial charge in [0.05, 0.1) is 29.4 Å². The third-order valence-corrected chi connectivity index (χ3v) is 4.27. The Morgan fingerprint density at radius 2 is 2.32 bits per heavy atom. The number of rotatable bonds is 3. The van der Waals surface area contributed by atoms with Crippen LogP contribution in [0.2, 0.25) is 5.02 Å². The summed E-state index contributed by atoms with van der Waals surface area (Å²) in [5, 5.41) is 4.44. The van der Waals surface area contributed by atoms with Crippen LogP contribution in [0.3, 0.4) is 0 Å². The van der Waals surface area contributed by atoms with Gasteiger partial charge in [0.1, 0.15) is 5.82 Å². The Balaban J connectivity index is 1.78. The second-order valence-corrected chi connectivity index (χ2v) is 6.07. The van der Waals surface area contributed by atoms with Crippen LogP contribution in [-0.2, 0) is 6.54 Å². The van der Waals surface area contributed by atoms with Crippen molar-refractivity contribution in [2.75, 3.05) is 6.54 Å². The lowest BCUT2D eigenvalue weighted by molar-refractivity contribution is 0.0722. The number of hydrogen-bond donors (Lipinski definition) is 0. The quantitative estimate of drug-likeness (QED) is 0.870. The van der Waals surface area contributed by atoms with Crippen molar-refractivity contribution in [3.8, 4) is 0 Å². The van der Waals surface area contributed by atoms with Crippen LogP contribution in [0.4, 0.5) is 4.39 Å². The van der Waals surface area contributed by atoms with E-state index in [1.807, 2.05) is 22.7 Å². The molecule has 1 aliphatic heterocycles. The molecule has 1 aliphatic rings. The van der Waals surface area contributed by atoms with Crippen molar-refractivity contribution in [3.63, 3.8) is 0 Å². The van der Waals surface area contributed by atoms with E-state index in [0.29, 0.717) is 18.7 Å². The number of carbonyl (C=O) groups excluding carboxylic acids is 1. The maximum Gasteiger partial charge on any atom is 0.255 e. The second kappa shape index (κ2) is 6.08. The molecule has 2 aromatic rings. The van der Waals surface area contributed by atoms with Crippen LogP contribution >= 0.6 is 11.6 Å². The fraction of sp³-hybridized carbons (Fsp3) is 0.375. The summed E-state index contributed by atoms with van der Waals surface area (Å²) in [4.78, 5) is 14.5. The molecule has 0 N–H and O–H groups in total. The smallest absolute Gasteiger partial charge is 0.255 e. The monoisotopic (exact) mass is 321 g/mol. The molecule has 3 rings (SSSR count). The number of hydrogen-bond acceptors (Lipinski definition) is 2. The third kappa shape index (κ3) is 2.99. The summed E-state index contributed by atoms with van der Waals surface area (Å²) in [7, 11) is 0. The number of amides is 1. The number of likely N-dealkylation sites (tertiary alicyclic amines) is 1. The van der Waals surface area contributed by atoms with Gasteiger partial charge in [-0.25, -0.2) is 4.39 Å². The second-order valence-electron chi connectivity index (χ2n) is 5.66. The van der Waals surface area contributed by atoms with Gasteiger partial charge in [0, 0.05) is 12.7 Å². The molecule has 1 saturated heterocycles. The Bertz CT molecular complexity index is 700. The summed E-state index contributed by atoms with van der Waals surface area (Å²) in [5.41, 5.74) is 1.45. The molecule has 0 aliphatic carbocycles. The van der Waals surface area contributed by atoms with Gasteiger partial charge >= 0.3 is 0 Å². The lowest BCUT2D eigenvalue weighted by Crippen LogP contribution is -2.38. The van der Waals surface area contributed by atoms with Gasteiger partial charge < -0.3 is 4.90 Å². The van der Waals surface area contributed by atoms with E-state index in [1.54, 1.807) is 6.20 Å². The highest BCUT2D eigenvalue weighted by Gasteiger charge is 2.30. The van der Waals surface area contributed by atoms with Gasteiger partial charge in [-0.2, -0.15) is 5.10 Å². The molecule has 0 radical (unpaired) electrons. The number of halogens is 2. The van der Waals surface area contributed by atoms with E-state index in [-0.39, 0.29) is 17.0 Å². The minimum atomic E-state index is -0.438. The van der Waals surface area contributed by atoms with Crippen LogP contribution in [0.5, 0.6) is 0 Å². The molecule has 6 heteroatoms. The van der Waals surface area contributed by atoms with E-state index >= 15 is 0 Å². The minimum Gasteiger partial charge on any atom is -0.334 e. The summed E-state index contributed by atoms with van der Waals surface area (Å²) in [5.74, 6) is -0.581. The van der Waals surface area contributed by atoms with E-state index in [1.165, 1.54) is 18.2 Å². The van der Waals surface area contributed by atoms with Crippen LogP contribution in [0.15, 0.2) is 30.6 Å². The summed E-state index contributed by atoms with van der Waals surface area (Å²) in [6.45, 7) is 3.34. The maximum atomic E-state index is 13.1. The number of benzene rings is 1. The van der Waals surface area contributed by atoms with Gasteiger partial charge in [-0.3, -0.25) is 9.48 Å². The molecule has 0 bridgehead atoms. The lowest BCUT2D eigenvalue weighted by Gasteiger charge is -2.25. The number of carbonyl (C=O) groups is 1. The highest BCUT2D eigenvalue weighted by molar-refractivity contribution is 6.33. The molecule has 1 fully saturated rings. The van der Waals surface area contributed by atoms with Gasteiger partial charge in [-0.1, -0.05) is 11.6 Å². The maximum absolute atomic E-state index is 13.1. The highest BCUT2D eigenvalue weighted by Crippen LogP contribution is 2.25. The minimum absolute atomic E-state index is 0.0907. The molecular weight excluding hydrogens is 305 g/mol. The number of nitrogens with zero attached hydrogens (tertiary/aromatic N) is 3. The zero-order valence-corrected chi connectivity index (χ0v) is 13.1. The fourth-order valence-corrected chi connectivity index (χ4v) is 3.14. The van der Waals surface area contributed by atoms with Crippen molar-refractivity contribution in [1.82, 2.24) is 14.7 Å². The molecule has 22 heavy (non-hydrogen) atoms. The van der Waals surface area contributed by atoms with E-state index < -0.39 is 5.82 Å². The SMILES string of the molecule is Cc1cnn(C[C@@H]2CCCN2C(=O)c2ccc(F)cc2Cl)c1. The van der Waals surface area contributed by atoms with Crippen LogP contribution in [-0.4, -0.2) is 33.2 Å². The zero-order chi connectivity index (χ0) is 15.7. The lowest BCUT2D eigenvalue weighted by atomic mass is 10.1. The Morgan fingerprint density at radius 3 is 3.00 bits per heavy atom. The van der Waals surface area contributed by atoms with Crippen molar-refractivity contribution in [3.05, 3.63) is 52.6 Å². The number of aryl methyl sites for hydroxylation is 1. The topological polar surface area (TPSA) is 38.1 Å². The van der Waals surface area contributed by atoms with Crippen molar-refractivity contribution in [2.24, 2.45) is 0 Å². The average molecular weight is 322 g/mol. The first-order valence-corrected chi connectivity index (χ1v) is 7.67. The molecule has 0 saturated carbocycles. The van der Waals surface area contributed by atoms with E-state index in [9.17, 15) is 9.18 Å². The highest BCUT2D eigenvalue weighted by atomic mass is 35.5. The van der Waals surface area contributed by atoms with E-state index in [4.69, 9.17) is 11.6 Å². The molecule has 1 atom stereocenters. The summed E-state index contributed by atoms with van der Waals surface area (Å²) in [6, 6.07) is 3.98. The normalized spacial score (nSPS) is 18.0. The standard InChI is InChI=1S/C16H17ClFN3O/c1-11-8-19-20(9-11)10-13-3-2-6-21(13)16(22)14-5-4-12(18)7-15(14)17/h4-5,7-9,13H,2-3,6,10H2,1H3/t13-/m0/s1. The summed E-state index contributed by atoms with van der Waals surface area (Å²) < 4.78 is 15.0. The van der Waals surface area contributed by atoms with Crippen molar-refractivity contribution in [2.45, 2.75) is 32.4 Å². The molecule has 1 aromatic heterocycles. The van der Waals surface area contributed by atoms with Crippen LogP contribution in [0, 0.1) is 12.7 Å². The summed E-state index contributed by atoms with van der Waals surface area (Å²) in [6.07, 6.45) is 5.66. The van der Waals surface area contributed by atoms with Crippen molar-refractivity contribution in [1.29, 1.82) is 0 Å². The van der Waals surface area contributed by atoms with E-state index in [0.717, 1.165) is 18.4 Å². The third-order valence-electron chi connectivity index (χ3n) is 3.96. The Morgan fingerprint density at radius 1 is 1.50 bits per heavy atom. The Hall–Kier alpha value is -1.88. The van der Waals surface area contributed by atoms with E-state index in [2.05, 4.69) is 5.10 Å². The molecule has 1 aromatic carbocycles. The molecule has 4 nitrogen and oxygen atoms in total. The van der Waals surface area contributed by atoms with Crippen LogP contribution in [0.25, 0.3) is 0 Å². The summed E-state index contributed by atoms with van der Waals surface area (Å²) >= 11 is 6.01. The molecule has 0 spiro atoms. The van der Waals surface area contributed by atoms with Gasteiger partial charge in [-0.05, 0) is 43.5 Å². The first kappa shape index (κ1) is 15.0. The Labute approximate surface area is 133 Å². The average Bonchev–Trinajstić information content (AvgIpc) is 3.08. The predicted molar refractivity (Wildman–Crippen MR) is 82.4 cm³/mol. The van der Waals surface area contributed by atoms with Crippen molar-refractivity contribution < 1.29 is 9.18 Å². The largest absolute Gasteiger partial charge is 0.334 e. The van der Waals surface area contributed by atoms with Gasteiger partial charge in [-0.15, -0.1) is 0 Å². The molecular formula is C16H17ClFN3O. The fourth-order valence-electron chi connectivity index (χ4n) is 2.89. The first-order chi connectivity index (χ1) is 10.5. The van der Waals surface area contributed by atoms with Crippen LogP contribution < -0.4 is 0 Å². The number of aromatic nitrogens is 2.